The third-order valence-corrected chi connectivity index (χ3v) is 4.58. The Labute approximate surface area is 170 Å². The highest BCUT2D eigenvalue weighted by atomic mass is 127. The van der Waals surface area contributed by atoms with Gasteiger partial charge in [-0.15, -0.1) is 0 Å². The number of aliphatic hydroxyl groups is 1. The van der Waals surface area contributed by atoms with Gasteiger partial charge in [0.15, 0.2) is 12.7 Å². The lowest BCUT2D eigenvalue weighted by Gasteiger charge is -2.04. The Balaban J connectivity index is 0.00000196. The van der Waals surface area contributed by atoms with Gasteiger partial charge in [0, 0.05) is 42.3 Å². The molecule has 2 aromatic carbocycles. The van der Waals surface area contributed by atoms with E-state index in [1.165, 1.54) is 27.4 Å². The van der Waals surface area contributed by atoms with Crippen LogP contribution in [0.3, 0.4) is 0 Å². The molecule has 4 rings (SSSR count). The lowest BCUT2D eigenvalue weighted by atomic mass is 10.1. The second kappa shape index (κ2) is 8.47. The largest absolute Gasteiger partial charge is 1.00 e. The van der Waals surface area contributed by atoms with Crippen molar-refractivity contribution < 1.29 is 33.7 Å². The van der Waals surface area contributed by atoms with Crippen molar-refractivity contribution in [3.8, 4) is 0 Å². The predicted molar refractivity (Wildman–Crippen MR) is 103 cm³/mol. The summed E-state index contributed by atoms with van der Waals surface area (Å²) in [5.41, 5.74) is 4.73. The van der Waals surface area contributed by atoms with Crippen LogP contribution in [0.15, 0.2) is 67.0 Å². The number of halogens is 1. The van der Waals surface area contributed by atoms with E-state index in [9.17, 15) is 0 Å². The molecule has 26 heavy (non-hydrogen) atoms. The monoisotopic (exact) mass is 456 g/mol. The lowest BCUT2D eigenvalue weighted by Crippen LogP contribution is -3.00. The summed E-state index contributed by atoms with van der Waals surface area (Å²) in [6.07, 6.45) is 9.26. The Kier molecular flexibility index (Phi) is 6.06. The molecule has 4 aromatic rings. The summed E-state index contributed by atoms with van der Waals surface area (Å²) in [4.78, 5) is 3.31. The van der Waals surface area contributed by atoms with E-state index in [4.69, 9.17) is 5.11 Å². The minimum atomic E-state index is 0. The highest BCUT2D eigenvalue weighted by Gasteiger charge is 2.10. The molecule has 0 aliphatic rings. The van der Waals surface area contributed by atoms with Crippen LogP contribution in [0, 0.1) is 0 Å². The number of aromatic amines is 1. The second-order valence-electron chi connectivity index (χ2n) is 6.18. The van der Waals surface area contributed by atoms with Gasteiger partial charge in [0.05, 0.1) is 5.39 Å². The van der Waals surface area contributed by atoms with Crippen molar-refractivity contribution >= 4 is 34.0 Å². The Hall–Kier alpha value is -2.18. The van der Waals surface area contributed by atoms with Crippen LogP contribution < -0.4 is 28.5 Å². The number of nitrogens with zero attached hydrogens (tertiary/aromatic N) is 1. The average molecular weight is 456 g/mol. The van der Waals surface area contributed by atoms with Crippen LogP contribution in [0.2, 0.25) is 0 Å². The number of para-hydroxylation sites is 2. The van der Waals surface area contributed by atoms with Crippen molar-refractivity contribution in [2.45, 2.75) is 13.0 Å². The van der Waals surface area contributed by atoms with E-state index in [2.05, 4.69) is 76.4 Å². The van der Waals surface area contributed by atoms with Gasteiger partial charge in [0.25, 0.3) is 0 Å². The summed E-state index contributed by atoms with van der Waals surface area (Å²) in [7, 11) is 0. The van der Waals surface area contributed by atoms with E-state index in [1.54, 1.807) is 0 Å². The Morgan fingerprint density at radius 3 is 2.46 bits per heavy atom. The zero-order chi connectivity index (χ0) is 17.1. The first-order valence-corrected chi connectivity index (χ1v) is 8.63. The summed E-state index contributed by atoms with van der Waals surface area (Å²) >= 11 is 0. The average Bonchev–Trinajstić information content (AvgIpc) is 3.08. The molecule has 4 heteroatoms. The maximum absolute atomic E-state index is 9.10. The van der Waals surface area contributed by atoms with Gasteiger partial charge in [-0.05, 0) is 23.3 Å². The molecule has 0 aliphatic heterocycles. The van der Waals surface area contributed by atoms with Crippen LogP contribution in [0.5, 0.6) is 0 Å². The minimum Gasteiger partial charge on any atom is -1.00 e. The number of H-pyrrole nitrogens is 1. The molecule has 2 aromatic heterocycles. The van der Waals surface area contributed by atoms with Crippen LogP contribution in [-0.2, 0) is 6.54 Å². The molecule has 2 heterocycles. The number of nitrogens with one attached hydrogen (secondary N) is 1. The smallest absolute Gasteiger partial charge is 0.213 e. The van der Waals surface area contributed by atoms with Crippen LogP contribution in [0.4, 0.5) is 0 Å². The van der Waals surface area contributed by atoms with Gasteiger partial charge < -0.3 is 34.1 Å². The van der Waals surface area contributed by atoms with Crippen molar-refractivity contribution in [3.63, 3.8) is 0 Å². The molecule has 0 aliphatic carbocycles. The molecular formula is C22H21IN2O. The van der Waals surface area contributed by atoms with Crippen LogP contribution in [-0.4, -0.2) is 16.7 Å². The van der Waals surface area contributed by atoms with Crippen LogP contribution >= 0.6 is 0 Å². The van der Waals surface area contributed by atoms with Crippen molar-refractivity contribution in [1.29, 1.82) is 0 Å². The fraction of sp³-hybridized carbons (Fsp3) is 0.136. The first-order valence-electron chi connectivity index (χ1n) is 8.63. The van der Waals surface area contributed by atoms with Gasteiger partial charge in [0.2, 0.25) is 5.52 Å². The SMILES string of the molecule is OCCC[n+]1ccc(/C=C/c2c[nH]c3ccccc23)c2ccccc21.[I-]. The molecule has 0 atom stereocenters. The summed E-state index contributed by atoms with van der Waals surface area (Å²) in [5, 5.41) is 11.6. The van der Waals surface area contributed by atoms with Gasteiger partial charge in [-0.3, -0.25) is 0 Å². The van der Waals surface area contributed by atoms with E-state index in [0.717, 1.165) is 18.5 Å². The second-order valence-corrected chi connectivity index (χ2v) is 6.18. The highest BCUT2D eigenvalue weighted by Crippen LogP contribution is 2.22. The summed E-state index contributed by atoms with van der Waals surface area (Å²) in [5.74, 6) is 0. The molecule has 2 N–H and O–H groups in total. The van der Waals surface area contributed by atoms with E-state index in [0.29, 0.717) is 0 Å². The topological polar surface area (TPSA) is 39.9 Å². The number of pyridine rings is 1. The molecular weight excluding hydrogens is 435 g/mol. The number of aliphatic hydroxyl groups excluding tert-OH is 1. The molecule has 0 fully saturated rings. The van der Waals surface area contributed by atoms with Crippen molar-refractivity contribution in [2.24, 2.45) is 0 Å². The first kappa shape index (κ1) is 18.6. The summed E-state index contributed by atoms with van der Waals surface area (Å²) < 4.78 is 2.20. The summed E-state index contributed by atoms with van der Waals surface area (Å²) in [6.45, 7) is 1.03. The number of hydrogen-bond donors (Lipinski definition) is 2. The maximum atomic E-state index is 9.10. The molecule has 0 amide bonds. The third kappa shape index (κ3) is 3.66. The van der Waals surface area contributed by atoms with E-state index < -0.39 is 0 Å². The predicted octanol–water partition coefficient (Wildman–Crippen LogP) is 1.17. The van der Waals surface area contributed by atoms with Crippen molar-refractivity contribution in [3.05, 3.63) is 78.1 Å². The Morgan fingerprint density at radius 1 is 0.885 bits per heavy atom. The van der Waals surface area contributed by atoms with Crippen LogP contribution in [0.1, 0.15) is 17.5 Å². The van der Waals surface area contributed by atoms with Gasteiger partial charge in [-0.25, -0.2) is 0 Å². The molecule has 0 saturated carbocycles. The third-order valence-electron chi connectivity index (χ3n) is 4.58. The zero-order valence-electron chi connectivity index (χ0n) is 14.4. The molecule has 0 bridgehead atoms. The lowest BCUT2D eigenvalue weighted by molar-refractivity contribution is -0.672. The van der Waals surface area contributed by atoms with Crippen molar-refractivity contribution in [1.82, 2.24) is 4.98 Å². The standard InChI is InChI=1S/C22H20N2O.HI/c25-15-5-13-24-14-12-17(20-7-2-4-9-22(20)24)10-11-18-16-23-21-8-3-1-6-19(18)21;/h1-4,6-12,14,16,25H,5,13,15H2;1H. The van der Waals surface area contributed by atoms with E-state index >= 15 is 0 Å². The number of aromatic nitrogens is 2. The quantitative estimate of drug-likeness (QED) is 0.344. The van der Waals surface area contributed by atoms with E-state index in [-0.39, 0.29) is 30.6 Å². The summed E-state index contributed by atoms with van der Waals surface area (Å²) in [6, 6.07) is 18.9. The molecule has 0 unspecified atom stereocenters. The van der Waals surface area contributed by atoms with E-state index in [1.807, 2.05) is 12.3 Å². The Morgan fingerprint density at radius 2 is 1.62 bits per heavy atom. The molecule has 0 radical (unpaired) electrons. The normalized spacial score (nSPS) is 11.3. The fourth-order valence-corrected chi connectivity index (χ4v) is 3.30. The maximum Gasteiger partial charge on any atom is 0.213 e. The number of fused-ring (bicyclic) bond motifs is 2. The molecule has 0 saturated heterocycles. The fourth-order valence-electron chi connectivity index (χ4n) is 3.30. The highest BCUT2D eigenvalue weighted by molar-refractivity contribution is 5.94. The minimum absolute atomic E-state index is 0. The number of aryl methyl sites for hydroxylation is 1. The van der Waals surface area contributed by atoms with Gasteiger partial charge in [-0.2, -0.15) is 4.57 Å². The number of benzene rings is 2. The van der Waals surface area contributed by atoms with Crippen molar-refractivity contribution in [2.75, 3.05) is 6.61 Å². The zero-order valence-corrected chi connectivity index (χ0v) is 16.6. The molecule has 3 nitrogen and oxygen atoms in total. The van der Waals surface area contributed by atoms with Crippen LogP contribution in [0.25, 0.3) is 34.0 Å². The first-order chi connectivity index (χ1) is 12.4. The molecule has 0 spiro atoms. The Bertz CT molecular complexity index is 1050. The van der Waals surface area contributed by atoms with Gasteiger partial charge in [0.1, 0.15) is 0 Å². The molecule has 132 valence electrons. The van der Waals surface area contributed by atoms with Gasteiger partial charge >= 0.3 is 0 Å². The van der Waals surface area contributed by atoms with Gasteiger partial charge in [-0.1, -0.05) is 42.5 Å². The number of hydrogen-bond acceptors (Lipinski definition) is 1. The number of rotatable bonds is 5.